The third-order valence-corrected chi connectivity index (χ3v) is 4.43. The van der Waals surface area contributed by atoms with Crippen molar-refractivity contribution in [2.45, 2.75) is 77.5 Å². The van der Waals surface area contributed by atoms with Crippen molar-refractivity contribution in [2.75, 3.05) is 0 Å². The molecule has 6 heteroatoms. The van der Waals surface area contributed by atoms with E-state index >= 15 is 0 Å². The summed E-state index contributed by atoms with van der Waals surface area (Å²) >= 11 is 0. The molecule has 1 aliphatic carbocycles. The molecule has 25 heavy (non-hydrogen) atoms. The van der Waals surface area contributed by atoms with Gasteiger partial charge in [-0.1, -0.05) is 20.8 Å². The molecule has 140 valence electrons. The Balaban J connectivity index is 2.06. The van der Waals surface area contributed by atoms with E-state index in [1.54, 1.807) is 20.8 Å². The fourth-order valence-electron chi connectivity index (χ4n) is 3.36. The van der Waals surface area contributed by atoms with Crippen molar-refractivity contribution in [2.24, 2.45) is 0 Å². The van der Waals surface area contributed by atoms with Crippen LogP contribution in [0.15, 0.2) is 12.1 Å². The molecule has 1 aliphatic rings. The van der Waals surface area contributed by atoms with E-state index in [4.69, 9.17) is 4.74 Å². The van der Waals surface area contributed by atoms with Gasteiger partial charge in [-0.2, -0.15) is 0 Å². The van der Waals surface area contributed by atoms with Crippen molar-refractivity contribution < 1.29 is 23.4 Å². The average Bonchev–Trinajstić information content (AvgIpc) is 2.30. The number of carboxylic acid groups (broad SMARTS) is 1. The summed E-state index contributed by atoms with van der Waals surface area (Å²) in [5.74, 6) is -1.11. The largest absolute Gasteiger partial charge is 0.490 e. The van der Waals surface area contributed by atoms with Gasteiger partial charge in [0.15, 0.2) is 0 Å². The van der Waals surface area contributed by atoms with Gasteiger partial charge in [0.2, 0.25) is 0 Å². The molecule has 1 N–H and O–H groups in total. The zero-order valence-corrected chi connectivity index (χ0v) is 15.7. The van der Waals surface area contributed by atoms with Crippen molar-refractivity contribution in [3.05, 3.63) is 29.3 Å². The molecule has 0 aliphatic heterocycles. The zero-order valence-electron chi connectivity index (χ0n) is 15.7. The number of benzene rings is 1. The van der Waals surface area contributed by atoms with Crippen LogP contribution in [0.25, 0.3) is 0 Å². The molecule has 1 fully saturated rings. The summed E-state index contributed by atoms with van der Waals surface area (Å²) < 4.78 is 34.1. The van der Waals surface area contributed by atoms with E-state index in [0.717, 1.165) is 0 Å². The Morgan fingerprint density at radius 2 is 1.60 bits per heavy atom. The summed E-state index contributed by atoms with van der Waals surface area (Å²) in [5, 5.41) is 9.39. The first kappa shape index (κ1) is 19.5. The quantitative estimate of drug-likeness (QED) is 0.834. The number of hydrogen-bond acceptors (Lipinski definition) is 2. The Morgan fingerprint density at radius 3 is 1.96 bits per heavy atom. The fraction of sp³-hybridized carbons (Fsp3) is 0.632. The topological polar surface area (TPSA) is 49.8 Å². The number of ether oxygens (including phenoxy) is 1. The average molecular weight is 355 g/mol. The highest BCUT2D eigenvalue weighted by Crippen LogP contribution is 2.36. The summed E-state index contributed by atoms with van der Waals surface area (Å²) in [6.45, 7) is 10.8. The Morgan fingerprint density at radius 1 is 1.12 bits per heavy atom. The van der Waals surface area contributed by atoms with E-state index in [1.807, 2.05) is 20.8 Å². The molecule has 0 heterocycles. The summed E-state index contributed by atoms with van der Waals surface area (Å²) in [7, 11) is 0. The van der Waals surface area contributed by atoms with Gasteiger partial charge in [-0.15, -0.1) is 0 Å². The maximum absolute atomic E-state index is 14.2. The number of carbonyl (C=O) groups is 1. The third kappa shape index (κ3) is 4.22. The van der Waals surface area contributed by atoms with Crippen molar-refractivity contribution in [1.82, 2.24) is 4.90 Å². The zero-order chi connectivity index (χ0) is 19.2. The second-order valence-corrected chi connectivity index (χ2v) is 8.70. The Kier molecular flexibility index (Phi) is 5.04. The van der Waals surface area contributed by atoms with E-state index in [2.05, 4.69) is 0 Å². The molecule has 1 amide bonds. The minimum Gasteiger partial charge on any atom is -0.490 e. The molecule has 1 aromatic rings. The summed E-state index contributed by atoms with van der Waals surface area (Å²) in [6.07, 6.45) is -0.196. The normalized spacial score (nSPS) is 20.8. The molecule has 0 spiro atoms. The molecule has 0 atom stereocenters. The number of hydrogen-bond donors (Lipinski definition) is 1. The van der Waals surface area contributed by atoms with Gasteiger partial charge in [0.25, 0.3) is 0 Å². The number of amides is 1. The van der Waals surface area contributed by atoms with Crippen molar-refractivity contribution in [3.63, 3.8) is 0 Å². The van der Waals surface area contributed by atoms with Crippen LogP contribution in [0.4, 0.5) is 13.6 Å². The monoisotopic (exact) mass is 355 g/mol. The molecule has 4 nitrogen and oxygen atoms in total. The van der Waals surface area contributed by atoms with Gasteiger partial charge in [-0.25, -0.2) is 13.6 Å². The molecule has 0 saturated heterocycles. The van der Waals surface area contributed by atoms with Crippen molar-refractivity contribution >= 4 is 6.09 Å². The van der Waals surface area contributed by atoms with E-state index < -0.39 is 28.7 Å². The SMILES string of the molecule is CC(C)(C)c1c(F)cc(O[C@H]2C[C@H](N(C(=O)O)C(C)(C)C)C2)cc1F. The lowest BCUT2D eigenvalue weighted by atomic mass is 9.85. The first-order valence-electron chi connectivity index (χ1n) is 8.49. The highest BCUT2D eigenvalue weighted by Gasteiger charge is 2.42. The molecular formula is C19H27F2NO3. The molecule has 0 bridgehead atoms. The predicted octanol–water partition coefficient (Wildman–Crippen LogP) is 4.95. The van der Waals surface area contributed by atoms with Gasteiger partial charge in [0.1, 0.15) is 23.5 Å². The Hall–Kier alpha value is -1.85. The van der Waals surface area contributed by atoms with Gasteiger partial charge in [-0.05, 0) is 26.2 Å². The van der Waals surface area contributed by atoms with E-state index in [9.17, 15) is 18.7 Å². The number of nitrogens with zero attached hydrogens (tertiary/aromatic N) is 1. The first-order valence-corrected chi connectivity index (χ1v) is 8.49. The van der Waals surface area contributed by atoms with E-state index in [-0.39, 0.29) is 23.5 Å². The van der Waals surface area contributed by atoms with Crippen LogP contribution in [0.5, 0.6) is 5.75 Å². The minimum atomic E-state index is -0.970. The number of rotatable bonds is 3. The van der Waals surface area contributed by atoms with Crippen LogP contribution < -0.4 is 4.74 Å². The van der Waals surface area contributed by atoms with E-state index in [0.29, 0.717) is 12.8 Å². The molecule has 0 aromatic heterocycles. The van der Waals surface area contributed by atoms with Crippen LogP contribution in [-0.2, 0) is 5.41 Å². The first-order chi connectivity index (χ1) is 11.3. The van der Waals surface area contributed by atoms with Gasteiger partial charge in [0, 0.05) is 42.1 Å². The van der Waals surface area contributed by atoms with Gasteiger partial charge < -0.3 is 14.7 Å². The number of halogens is 2. The maximum Gasteiger partial charge on any atom is 0.407 e. The lowest BCUT2D eigenvalue weighted by Gasteiger charge is -2.47. The molecule has 1 saturated carbocycles. The summed E-state index contributed by atoms with van der Waals surface area (Å²) in [4.78, 5) is 12.9. The highest BCUT2D eigenvalue weighted by molar-refractivity contribution is 5.66. The van der Waals surface area contributed by atoms with Gasteiger partial charge >= 0.3 is 6.09 Å². The smallest absolute Gasteiger partial charge is 0.407 e. The van der Waals surface area contributed by atoms with E-state index in [1.165, 1.54) is 17.0 Å². The lowest BCUT2D eigenvalue weighted by Crippen LogP contribution is -2.58. The van der Waals surface area contributed by atoms with Gasteiger partial charge in [0.05, 0.1) is 0 Å². The molecule has 2 rings (SSSR count). The Labute approximate surface area is 147 Å². The molecular weight excluding hydrogens is 328 g/mol. The van der Waals surface area contributed by atoms with Crippen LogP contribution >= 0.6 is 0 Å². The standard InChI is InChI=1S/C19H27F2NO3/c1-18(2,3)16-14(20)9-13(10-15(16)21)25-12-7-11(8-12)22(17(23)24)19(4,5)6/h9-12H,7-8H2,1-6H3,(H,23,24)/t11-,12-. The highest BCUT2D eigenvalue weighted by atomic mass is 19.1. The maximum atomic E-state index is 14.2. The molecule has 0 radical (unpaired) electrons. The second kappa shape index (κ2) is 6.46. The predicted molar refractivity (Wildman–Crippen MR) is 92.1 cm³/mol. The van der Waals surface area contributed by atoms with Crippen molar-refractivity contribution in [3.8, 4) is 5.75 Å². The summed E-state index contributed by atoms with van der Waals surface area (Å²) in [6, 6.07) is 2.26. The van der Waals surface area contributed by atoms with Crippen LogP contribution in [0, 0.1) is 11.6 Å². The fourth-order valence-corrected chi connectivity index (χ4v) is 3.36. The van der Waals surface area contributed by atoms with Gasteiger partial charge in [-0.3, -0.25) is 0 Å². The van der Waals surface area contributed by atoms with Crippen LogP contribution in [0.1, 0.15) is 59.9 Å². The lowest BCUT2D eigenvalue weighted by molar-refractivity contribution is -0.0136. The van der Waals surface area contributed by atoms with Crippen LogP contribution in [-0.4, -0.2) is 33.8 Å². The minimum absolute atomic E-state index is 0.0381. The summed E-state index contributed by atoms with van der Waals surface area (Å²) in [5.41, 5.74) is -1.10. The molecule has 1 aromatic carbocycles. The van der Waals surface area contributed by atoms with Crippen LogP contribution in [0.3, 0.4) is 0 Å². The Bertz CT molecular complexity index is 633. The van der Waals surface area contributed by atoms with Crippen molar-refractivity contribution in [1.29, 1.82) is 0 Å². The third-order valence-electron chi connectivity index (χ3n) is 4.43. The van der Waals surface area contributed by atoms with Crippen LogP contribution in [0.2, 0.25) is 0 Å². The second-order valence-electron chi connectivity index (χ2n) is 8.70. The molecule has 0 unspecified atom stereocenters.